The Bertz CT molecular complexity index is 368. The monoisotopic (exact) mass is 333 g/mol. The lowest BCUT2D eigenvalue weighted by atomic mass is 10.2. The van der Waals surface area contributed by atoms with Gasteiger partial charge in [0.2, 0.25) is 0 Å². The molecule has 0 bridgehead atoms. The summed E-state index contributed by atoms with van der Waals surface area (Å²) in [6, 6.07) is 7.66. The second kappa shape index (κ2) is 6.20. The number of benzene rings is 1. The number of likely N-dealkylation sites (N-methyl/N-ethyl adjacent to an activating group) is 1. The van der Waals surface area contributed by atoms with Gasteiger partial charge < -0.3 is 9.64 Å². The number of hydrogen-bond donors (Lipinski definition) is 0. The first-order valence-corrected chi connectivity index (χ1v) is 6.15. The van der Waals surface area contributed by atoms with E-state index < -0.39 is 0 Å². The average Bonchev–Trinajstić information content (AvgIpc) is 2.27. The van der Waals surface area contributed by atoms with Gasteiger partial charge in [0.1, 0.15) is 0 Å². The van der Waals surface area contributed by atoms with E-state index in [0.717, 1.165) is 9.13 Å². The predicted octanol–water partition coefficient (Wildman–Crippen LogP) is 2.40. The van der Waals surface area contributed by atoms with Crippen LogP contribution in [0.4, 0.5) is 0 Å². The molecule has 16 heavy (non-hydrogen) atoms. The minimum Gasteiger partial charge on any atom is -0.383 e. The van der Waals surface area contributed by atoms with Crippen molar-refractivity contribution in [2.45, 2.75) is 13.0 Å². The molecule has 1 amide bonds. The van der Waals surface area contributed by atoms with Crippen LogP contribution in [-0.4, -0.2) is 37.6 Å². The van der Waals surface area contributed by atoms with Crippen molar-refractivity contribution in [3.05, 3.63) is 33.4 Å². The SMILES string of the molecule is COCC(C)N(C)C(=O)c1cccc(I)c1. The van der Waals surface area contributed by atoms with E-state index >= 15 is 0 Å². The lowest BCUT2D eigenvalue weighted by Crippen LogP contribution is -2.37. The van der Waals surface area contributed by atoms with E-state index in [-0.39, 0.29) is 11.9 Å². The predicted molar refractivity (Wildman–Crippen MR) is 72.6 cm³/mol. The first-order valence-electron chi connectivity index (χ1n) is 5.08. The van der Waals surface area contributed by atoms with Gasteiger partial charge in [-0.05, 0) is 47.7 Å². The van der Waals surface area contributed by atoms with E-state index in [4.69, 9.17) is 4.74 Å². The van der Waals surface area contributed by atoms with Crippen molar-refractivity contribution in [1.29, 1.82) is 0 Å². The largest absolute Gasteiger partial charge is 0.383 e. The molecule has 1 unspecified atom stereocenters. The van der Waals surface area contributed by atoms with Crippen molar-refractivity contribution in [3.8, 4) is 0 Å². The lowest BCUT2D eigenvalue weighted by Gasteiger charge is -2.24. The Kier molecular flexibility index (Phi) is 5.21. The normalized spacial score (nSPS) is 12.2. The Morgan fingerprint density at radius 2 is 2.25 bits per heavy atom. The van der Waals surface area contributed by atoms with E-state index in [9.17, 15) is 4.79 Å². The lowest BCUT2D eigenvalue weighted by molar-refractivity contribution is 0.0633. The maximum absolute atomic E-state index is 12.1. The highest BCUT2D eigenvalue weighted by atomic mass is 127. The number of nitrogens with zero attached hydrogens (tertiary/aromatic N) is 1. The van der Waals surface area contributed by atoms with Gasteiger partial charge in [-0.25, -0.2) is 0 Å². The second-order valence-electron chi connectivity index (χ2n) is 3.73. The number of rotatable bonds is 4. The molecule has 0 aliphatic rings. The van der Waals surface area contributed by atoms with Gasteiger partial charge in [-0.15, -0.1) is 0 Å². The van der Waals surface area contributed by atoms with Crippen LogP contribution in [0.1, 0.15) is 17.3 Å². The number of ether oxygens (including phenoxy) is 1. The number of amides is 1. The zero-order valence-electron chi connectivity index (χ0n) is 9.74. The van der Waals surface area contributed by atoms with Crippen molar-refractivity contribution >= 4 is 28.5 Å². The summed E-state index contributed by atoms with van der Waals surface area (Å²) in [6.07, 6.45) is 0. The minimum absolute atomic E-state index is 0.0306. The third kappa shape index (κ3) is 3.45. The Balaban J connectivity index is 2.77. The van der Waals surface area contributed by atoms with Crippen LogP contribution in [0.2, 0.25) is 0 Å². The third-order valence-corrected chi connectivity index (χ3v) is 3.13. The van der Waals surface area contributed by atoms with Crippen molar-refractivity contribution in [2.75, 3.05) is 20.8 Å². The molecule has 3 nitrogen and oxygen atoms in total. The molecule has 0 saturated carbocycles. The standard InChI is InChI=1S/C12H16INO2/c1-9(8-16-3)14(2)12(15)10-5-4-6-11(13)7-10/h4-7,9H,8H2,1-3H3. The Hall–Kier alpha value is -0.620. The molecule has 0 N–H and O–H groups in total. The third-order valence-electron chi connectivity index (χ3n) is 2.46. The van der Waals surface area contributed by atoms with Crippen LogP contribution in [0.25, 0.3) is 0 Å². The molecule has 88 valence electrons. The highest BCUT2D eigenvalue weighted by Gasteiger charge is 2.17. The van der Waals surface area contributed by atoms with Gasteiger partial charge in [0.15, 0.2) is 0 Å². The summed E-state index contributed by atoms with van der Waals surface area (Å²) in [4.78, 5) is 13.8. The smallest absolute Gasteiger partial charge is 0.253 e. The fourth-order valence-corrected chi connectivity index (χ4v) is 1.92. The molecule has 1 rings (SSSR count). The summed E-state index contributed by atoms with van der Waals surface area (Å²) in [6.45, 7) is 2.52. The average molecular weight is 333 g/mol. The summed E-state index contributed by atoms with van der Waals surface area (Å²) < 4.78 is 6.11. The number of halogens is 1. The molecule has 4 heteroatoms. The molecule has 1 aromatic carbocycles. The number of carbonyl (C=O) groups excluding carboxylic acids is 1. The first kappa shape index (κ1) is 13.4. The van der Waals surface area contributed by atoms with Crippen LogP contribution in [-0.2, 0) is 4.74 Å². The van der Waals surface area contributed by atoms with Crippen LogP contribution in [0, 0.1) is 3.57 Å². The van der Waals surface area contributed by atoms with Gasteiger partial charge in [-0.3, -0.25) is 4.79 Å². The molecule has 1 atom stereocenters. The molecule has 0 aliphatic carbocycles. The topological polar surface area (TPSA) is 29.5 Å². The summed E-state index contributed by atoms with van der Waals surface area (Å²) >= 11 is 2.20. The van der Waals surface area contributed by atoms with Crippen LogP contribution in [0.15, 0.2) is 24.3 Å². The highest BCUT2D eigenvalue weighted by Crippen LogP contribution is 2.11. The maximum Gasteiger partial charge on any atom is 0.253 e. The summed E-state index contributed by atoms with van der Waals surface area (Å²) in [5.74, 6) is 0.0306. The molecule has 0 aromatic heterocycles. The van der Waals surface area contributed by atoms with Crippen LogP contribution >= 0.6 is 22.6 Å². The summed E-state index contributed by atoms with van der Waals surface area (Å²) in [7, 11) is 3.44. The number of methoxy groups -OCH3 is 1. The van der Waals surface area contributed by atoms with Gasteiger partial charge >= 0.3 is 0 Å². The molecule has 0 aliphatic heterocycles. The van der Waals surface area contributed by atoms with Crippen LogP contribution in [0.5, 0.6) is 0 Å². The van der Waals surface area contributed by atoms with Crippen LogP contribution < -0.4 is 0 Å². The van der Waals surface area contributed by atoms with Gasteiger partial charge in [0.05, 0.1) is 12.6 Å². The van der Waals surface area contributed by atoms with E-state index in [1.165, 1.54) is 0 Å². The van der Waals surface area contributed by atoms with Gasteiger partial charge in [0, 0.05) is 23.3 Å². The summed E-state index contributed by atoms with van der Waals surface area (Å²) in [5, 5.41) is 0. The fourth-order valence-electron chi connectivity index (χ4n) is 1.38. The molecule has 0 fully saturated rings. The first-order chi connectivity index (χ1) is 7.56. The van der Waals surface area contributed by atoms with E-state index in [1.54, 1.807) is 19.1 Å². The van der Waals surface area contributed by atoms with Gasteiger partial charge in [-0.2, -0.15) is 0 Å². The van der Waals surface area contributed by atoms with Crippen molar-refractivity contribution in [3.63, 3.8) is 0 Å². The van der Waals surface area contributed by atoms with Gasteiger partial charge in [0.25, 0.3) is 5.91 Å². The number of carbonyl (C=O) groups is 1. The van der Waals surface area contributed by atoms with Crippen molar-refractivity contribution in [2.24, 2.45) is 0 Å². The fraction of sp³-hybridized carbons (Fsp3) is 0.417. The second-order valence-corrected chi connectivity index (χ2v) is 4.98. The summed E-state index contributed by atoms with van der Waals surface area (Å²) in [5.41, 5.74) is 0.720. The number of hydrogen-bond acceptors (Lipinski definition) is 2. The Morgan fingerprint density at radius 3 is 2.81 bits per heavy atom. The van der Waals surface area contributed by atoms with Crippen molar-refractivity contribution in [1.82, 2.24) is 4.90 Å². The van der Waals surface area contributed by atoms with Gasteiger partial charge in [-0.1, -0.05) is 6.07 Å². The Morgan fingerprint density at radius 1 is 1.56 bits per heavy atom. The highest BCUT2D eigenvalue weighted by molar-refractivity contribution is 14.1. The molecular weight excluding hydrogens is 317 g/mol. The van der Waals surface area contributed by atoms with E-state index in [0.29, 0.717) is 6.61 Å². The Labute approximate surface area is 110 Å². The molecule has 0 radical (unpaired) electrons. The van der Waals surface area contributed by atoms with E-state index in [1.807, 2.05) is 31.2 Å². The quantitative estimate of drug-likeness (QED) is 0.792. The zero-order valence-corrected chi connectivity index (χ0v) is 11.9. The minimum atomic E-state index is 0.0306. The van der Waals surface area contributed by atoms with Crippen LogP contribution in [0.3, 0.4) is 0 Å². The molecule has 0 heterocycles. The zero-order chi connectivity index (χ0) is 12.1. The molecule has 0 saturated heterocycles. The molecule has 0 spiro atoms. The van der Waals surface area contributed by atoms with E-state index in [2.05, 4.69) is 22.6 Å². The maximum atomic E-state index is 12.1. The molecule has 1 aromatic rings. The van der Waals surface area contributed by atoms with Crippen molar-refractivity contribution < 1.29 is 9.53 Å². The molecular formula is C12H16INO2.